The molecule has 2 aliphatic heterocycles. The smallest absolute Gasteiger partial charge is 0.118 e. The van der Waals surface area contributed by atoms with Crippen LogP contribution in [-0.2, 0) is 9.47 Å². The van der Waals surface area contributed by atoms with Gasteiger partial charge in [0.15, 0.2) is 0 Å². The van der Waals surface area contributed by atoms with Crippen LogP contribution >= 0.6 is 27.5 Å². The number of rotatable bonds is 3. The van der Waals surface area contributed by atoms with Gasteiger partial charge in [0.05, 0.1) is 17.6 Å². The maximum Gasteiger partial charge on any atom is 0.118 e. The largest absolute Gasteiger partial charge is 0.492 e. The van der Waals surface area contributed by atoms with E-state index in [0.29, 0.717) is 0 Å². The van der Waals surface area contributed by atoms with Gasteiger partial charge in [-0.1, -0.05) is 34.9 Å². The molecule has 0 bridgehead atoms. The summed E-state index contributed by atoms with van der Waals surface area (Å²) in [6.45, 7) is 2.09. The van der Waals surface area contributed by atoms with E-state index in [1.165, 1.54) is 0 Å². The molecule has 0 radical (unpaired) electrons. The molecule has 0 aromatic heterocycles. The molecule has 0 unspecified atom stereocenters. The van der Waals surface area contributed by atoms with Crippen molar-refractivity contribution >= 4 is 27.5 Å². The van der Waals surface area contributed by atoms with Crippen molar-refractivity contribution in [3.8, 4) is 12.3 Å². The van der Waals surface area contributed by atoms with Gasteiger partial charge in [-0.2, -0.15) is 0 Å². The van der Waals surface area contributed by atoms with Crippen LogP contribution in [0, 0.1) is 12.3 Å². The molecular weight excluding hydrogens is 328 g/mol. The Hall–Kier alpha value is -0.430. The van der Waals surface area contributed by atoms with Crippen molar-refractivity contribution in [1.29, 1.82) is 0 Å². The van der Waals surface area contributed by atoms with Crippen LogP contribution in [0.3, 0.4) is 0 Å². The van der Waals surface area contributed by atoms with Crippen molar-refractivity contribution in [2.75, 3.05) is 0 Å². The van der Waals surface area contributed by atoms with E-state index in [1.807, 2.05) is 6.08 Å². The summed E-state index contributed by atoms with van der Waals surface area (Å²) in [6, 6.07) is 0. The summed E-state index contributed by atoms with van der Waals surface area (Å²) >= 11 is 10.0. The van der Waals surface area contributed by atoms with Crippen LogP contribution in [0.15, 0.2) is 22.4 Å². The molecule has 104 valence electrons. The van der Waals surface area contributed by atoms with Crippen LogP contribution in [-0.4, -0.2) is 23.7 Å². The van der Waals surface area contributed by atoms with E-state index >= 15 is 0 Å². The van der Waals surface area contributed by atoms with E-state index in [-0.39, 0.29) is 23.7 Å². The molecule has 2 nitrogen and oxygen atoms in total. The van der Waals surface area contributed by atoms with E-state index in [1.54, 1.807) is 6.08 Å². The van der Waals surface area contributed by atoms with Crippen LogP contribution in [0.25, 0.3) is 0 Å². The lowest BCUT2D eigenvalue weighted by molar-refractivity contribution is 0.0992. The highest BCUT2D eigenvalue weighted by atomic mass is 79.9. The van der Waals surface area contributed by atoms with E-state index < -0.39 is 0 Å². The number of allylic oxidation sites excluding steroid dienone is 2. The first-order valence-electron chi connectivity index (χ1n) is 6.60. The molecule has 0 aliphatic carbocycles. The predicted molar refractivity (Wildman–Crippen MR) is 81.2 cm³/mol. The first-order valence-corrected chi connectivity index (χ1v) is 7.83. The highest BCUT2D eigenvalue weighted by molar-refractivity contribution is 9.11. The summed E-state index contributed by atoms with van der Waals surface area (Å²) in [5, 5.41) is -0.0510. The zero-order valence-corrected chi connectivity index (χ0v) is 13.3. The van der Waals surface area contributed by atoms with Crippen molar-refractivity contribution in [3.05, 3.63) is 22.4 Å². The van der Waals surface area contributed by atoms with Crippen molar-refractivity contribution in [2.24, 2.45) is 0 Å². The summed E-state index contributed by atoms with van der Waals surface area (Å²) in [7, 11) is 0. The van der Waals surface area contributed by atoms with Gasteiger partial charge in [0, 0.05) is 17.3 Å². The lowest BCUT2D eigenvalue weighted by Crippen LogP contribution is -2.28. The number of hydrogen-bond donors (Lipinski definition) is 0. The fourth-order valence-corrected chi connectivity index (χ4v) is 2.85. The van der Waals surface area contributed by atoms with E-state index in [2.05, 4.69) is 28.8 Å². The minimum Gasteiger partial charge on any atom is -0.492 e. The third-order valence-corrected chi connectivity index (χ3v) is 4.89. The molecule has 0 aromatic carbocycles. The van der Waals surface area contributed by atoms with Crippen LogP contribution in [0.2, 0.25) is 0 Å². The molecule has 0 N–H and O–H groups in total. The zero-order valence-electron chi connectivity index (χ0n) is 10.9. The van der Waals surface area contributed by atoms with E-state index in [4.69, 9.17) is 27.5 Å². The van der Waals surface area contributed by atoms with Gasteiger partial charge in [-0.3, -0.25) is 0 Å². The quantitative estimate of drug-likeness (QED) is 0.436. The molecule has 0 amide bonds. The predicted octanol–water partition coefficient (Wildman–Crippen LogP) is 4.14. The van der Waals surface area contributed by atoms with Crippen molar-refractivity contribution in [3.63, 3.8) is 0 Å². The van der Waals surface area contributed by atoms with Gasteiger partial charge in [0.25, 0.3) is 0 Å². The fourth-order valence-electron chi connectivity index (χ4n) is 2.26. The normalized spacial score (nSPS) is 36.7. The van der Waals surface area contributed by atoms with Gasteiger partial charge < -0.3 is 9.47 Å². The molecule has 4 heteroatoms. The lowest BCUT2D eigenvalue weighted by atomic mass is 10.0. The topological polar surface area (TPSA) is 21.8 Å². The molecular formula is C15H18BrClO2. The average Bonchev–Trinajstić information content (AvgIpc) is 3.11. The van der Waals surface area contributed by atoms with Crippen molar-refractivity contribution in [1.82, 2.24) is 0 Å². The Balaban J connectivity index is 2.11. The minimum atomic E-state index is -0.0510. The Morgan fingerprint density at radius 1 is 1.58 bits per heavy atom. The second-order valence-electron chi connectivity index (χ2n) is 4.81. The Morgan fingerprint density at radius 2 is 2.37 bits per heavy atom. The standard InChI is InChI=1S/C15H18BrClO2/c1-3-5-6-7-12-11(17)8-14-15(19-14)9-13(18-12)10(16)4-2/h1,5-6,11-12,14-15H,4,7-9H2,2H3/b6-5?,13-10-/t11-,12-,14+,15-/m0/s1. The molecule has 2 saturated heterocycles. The zero-order chi connectivity index (χ0) is 13.8. The van der Waals surface area contributed by atoms with Gasteiger partial charge in [-0.25, -0.2) is 0 Å². The third-order valence-electron chi connectivity index (χ3n) is 3.42. The summed E-state index contributed by atoms with van der Waals surface area (Å²) in [4.78, 5) is 0. The number of alkyl halides is 1. The second-order valence-corrected chi connectivity index (χ2v) is 6.33. The Bertz CT molecular complexity index is 424. The maximum atomic E-state index is 6.44. The monoisotopic (exact) mass is 344 g/mol. The molecule has 19 heavy (non-hydrogen) atoms. The first-order chi connectivity index (χ1) is 9.15. The van der Waals surface area contributed by atoms with E-state index in [9.17, 15) is 0 Å². The Morgan fingerprint density at radius 3 is 3.05 bits per heavy atom. The Labute approximate surface area is 128 Å². The summed E-state index contributed by atoms with van der Waals surface area (Å²) < 4.78 is 12.8. The molecule has 2 heterocycles. The first kappa shape index (κ1) is 15.0. The minimum absolute atomic E-state index is 0.0504. The highest BCUT2D eigenvalue weighted by Gasteiger charge is 2.44. The van der Waals surface area contributed by atoms with E-state index in [0.717, 1.165) is 35.9 Å². The fraction of sp³-hybridized carbons (Fsp3) is 0.600. The molecule has 0 spiro atoms. The molecule has 4 atom stereocenters. The van der Waals surface area contributed by atoms with Gasteiger partial charge >= 0.3 is 0 Å². The van der Waals surface area contributed by atoms with Crippen LogP contribution in [0.5, 0.6) is 0 Å². The van der Waals surface area contributed by atoms with Gasteiger partial charge in [-0.15, -0.1) is 18.0 Å². The molecule has 0 aromatic rings. The average molecular weight is 346 g/mol. The van der Waals surface area contributed by atoms with Crippen LogP contribution in [0.4, 0.5) is 0 Å². The van der Waals surface area contributed by atoms with Crippen molar-refractivity contribution in [2.45, 2.75) is 56.3 Å². The number of fused-ring (bicyclic) bond motifs is 1. The summed E-state index contributed by atoms with van der Waals surface area (Å²) in [5.74, 6) is 3.46. The Kier molecular flexibility index (Phi) is 5.38. The molecule has 2 rings (SSSR count). The number of terminal acetylenes is 1. The third kappa shape index (κ3) is 4.02. The number of hydrogen-bond acceptors (Lipinski definition) is 2. The lowest BCUT2D eigenvalue weighted by Gasteiger charge is -2.26. The van der Waals surface area contributed by atoms with Crippen molar-refractivity contribution < 1.29 is 9.47 Å². The molecule has 2 fully saturated rings. The molecule has 0 saturated carbocycles. The van der Waals surface area contributed by atoms with Gasteiger partial charge in [0.1, 0.15) is 11.9 Å². The number of halogens is 2. The highest BCUT2D eigenvalue weighted by Crippen LogP contribution is 2.40. The summed E-state index contributed by atoms with van der Waals surface area (Å²) in [6.07, 6.45) is 12.7. The second kappa shape index (κ2) is 6.83. The number of epoxide rings is 1. The maximum absolute atomic E-state index is 6.44. The van der Waals surface area contributed by atoms with Gasteiger partial charge in [0.2, 0.25) is 0 Å². The SMILES string of the molecule is C#CC=CC[C@@H]1O/C(=C(\Br)CC)C[C@@H]2O[C@@H]2C[C@@H]1Cl. The van der Waals surface area contributed by atoms with Crippen LogP contribution in [0.1, 0.15) is 32.6 Å². The number of ether oxygens (including phenoxy) is 2. The van der Waals surface area contributed by atoms with Crippen LogP contribution < -0.4 is 0 Å². The summed E-state index contributed by atoms with van der Waals surface area (Å²) in [5.41, 5.74) is 0. The molecule has 2 aliphatic rings. The van der Waals surface area contributed by atoms with Gasteiger partial charge in [-0.05, 0) is 18.9 Å².